The van der Waals surface area contributed by atoms with Crippen molar-refractivity contribution in [3.8, 4) is 5.75 Å². The van der Waals surface area contributed by atoms with Crippen LogP contribution in [0.2, 0.25) is 0 Å². The summed E-state index contributed by atoms with van der Waals surface area (Å²) in [5, 5.41) is 2.03. The number of methoxy groups -OCH3 is 1. The fourth-order valence-electron chi connectivity index (χ4n) is 2.12. The molecule has 0 saturated carbocycles. The Balaban J connectivity index is 1.84. The van der Waals surface area contributed by atoms with E-state index in [1.165, 1.54) is 12.8 Å². The molecule has 0 aliphatic carbocycles. The Morgan fingerprint density at radius 3 is 3.25 bits per heavy atom. The van der Waals surface area contributed by atoms with Crippen LogP contribution >= 0.6 is 11.3 Å². The van der Waals surface area contributed by atoms with Crippen LogP contribution in [0.5, 0.6) is 5.75 Å². The van der Waals surface area contributed by atoms with Gasteiger partial charge in [-0.25, -0.2) is 0 Å². The van der Waals surface area contributed by atoms with Crippen molar-refractivity contribution in [3.63, 3.8) is 0 Å². The van der Waals surface area contributed by atoms with Crippen LogP contribution in [0.3, 0.4) is 0 Å². The maximum absolute atomic E-state index is 6.17. The summed E-state index contributed by atoms with van der Waals surface area (Å²) in [6, 6.07) is 2.06. The highest BCUT2D eigenvalue weighted by molar-refractivity contribution is 7.10. The highest BCUT2D eigenvalue weighted by atomic mass is 32.1. The highest BCUT2D eigenvalue weighted by Gasteiger charge is 2.19. The van der Waals surface area contributed by atoms with Crippen molar-refractivity contribution >= 4 is 11.3 Å². The van der Waals surface area contributed by atoms with Crippen molar-refractivity contribution < 1.29 is 9.47 Å². The van der Waals surface area contributed by atoms with Gasteiger partial charge in [-0.15, -0.1) is 11.3 Å². The fraction of sp³-hybridized carbons (Fsp3) is 0.667. The van der Waals surface area contributed by atoms with Crippen LogP contribution in [0, 0.1) is 0 Å². The largest absolute Gasteiger partial charge is 0.496 e. The van der Waals surface area contributed by atoms with Gasteiger partial charge >= 0.3 is 0 Å². The van der Waals surface area contributed by atoms with Crippen LogP contribution in [-0.4, -0.2) is 19.8 Å². The van der Waals surface area contributed by atoms with Gasteiger partial charge in [-0.05, 0) is 37.1 Å². The average molecular weight is 241 g/mol. The number of thiophene rings is 1. The molecule has 2 rings (SSSR count). The molecule has 2 unspecified atom stereocenters. The van der Waals surface area contributed by atoms with Gasteiger partial charge in [-0.1, -0.05) is 0 Å². The Labute approximate surface area is 101 Å². The van der Waals surface area contributed by atoms with Gasteiger partial charge < -0.3 is 15.2 Å². The lowest BCUT2D eigenvalue weighted by Crippen LogP contribution is -2.14. The van der Waals surface area contributed by atoms with Crippen molar-refractivity contribution in [1.29, 1.82) is 0 Å². The maximum Gasteiger partial charge on any atom is 0.134 e. The molecule has 1 saturated heterocycles. The van der Waals surface area contributed by atoms with E-state index in [1.54, 1.807) is 18.4 Å². The van der Waals surface area contributed by atoms with Gasteiger partial charge in [0.05, 0.1) is 18.1 Å². The van der Waals surface area contributed by atoms with Gasteiger partial charge in [0.25, 0.3) is 0 Å². The summed E-state index contributed by atoms with van der Waals surface area (Å²) in [4.78, 5) is 1.15. The van der Waals surface area contributed by atoms with Crippen molar-refractivity contribution in [3.05, 3.63) is 16.3 Å². The first-order chi connectivity index (χ1) is 7.81. The van der Waals surface area contributed by atoms with E-state index in [2.05, 4.69) is 0 Å². The number of hydrogen-bond donors (Lipinski definition) is 1. The van der Waals surface area contributed by atoms with Crippen molar-refractivity contribution in [2.75, 3.05) is 13.7 Å². The molecule has 1 aliphatic heterocycles. The minimum Gasteiger partial charge on any atom is -0.496 e. The third-order valence-electron chi connectivity index (χ3n) is 3.04. The Kier molecular flexibility index (Phi) is 4.21. The van der Waals surface area contributed by atoms with Gasteiger partial charge in [0.2, 0.25) is 0 Å². The van der Waals surface area contributed by atoms with Gasteiger partial charge in [-0.2, -0.15) is 0 Å². The van der Waals surface area contributed by atoms with Crippen LogP contribution in [-0.2, 0) is 4.74 Å². The predicted octanol–water partition coefficient (Wildman–Crippen LogP) is 2.72. The zero-order valence-corrected chi connectivity index (χ0v) is 10.5. The van der Waals surface area contributed by atoms with E-state index < -0.39 is 0 Å². The maximum atomic E-state index is 6.17. The molecule has 0 amide bonds. The second-order valence-electron chi connectivity index (χ2n) is 4.17. The third-order valence-corrected chi connectivity index (χ3v) is 4.07. The van der Waals surface area contributed by atoms with Crippen molar-refractivity contribution in [1.82, 2.24) is 0 Å². The molecule has 0 spiro atoms. The van der Waals surface area contributed by atoms with Gasteiger partial charge in [0.15, 0.2) is 0 Å². The molecule has 4 heteroatoms. The lowest BCUT2D eigenvalue weighted by atomic mass is 10.1. The molecule has 0 bridgehead atoms. The molecule has 2 heterocycles. The Morgan fingerprint density at radius 2 is 2.56 bits per heavy atom. The molecule has 90 valence electrons. The Bertz CT molecular complexity index is 321. The molecule has 0 aromatic carbocycles. The third kappa shape index (κ3) is 2.75. The first kappa shape index (κ1) is 11.9. The number of nitrogens with two attached hydrogens (primary N) is 1. The fourth-order valence-corrected chi connectivity index (χ4v) is 3.02. The van der Waals surface area contributed by atoms with Gasteiger partial charge in [0.1, 0.15) is 5.75 Å². The standard InChI is InChI=1S/C12H19NO2S/c1-14-11-6-8-16-12(11)10(13)5-4-9-3-2-7-15-9/h6,8-10H,2-5,7,13H2,1H3. The van der Waals surface area contributed by atoms with Crippen molar-refractivity contribution in [2.45, 2.75) is 37.8 Å². The second kappa shape index (κ2) is 5.66. The summed E-state index contributed by atoms with van der Waals surface area (Å²) in [7, 11) is 1.69. The van der Waals surface area contributed by atoms with E-state index in [-0.39, 0.29) is 6.04 Å². The molecular weight excluding hydrogens is 222 g/mol. The van der Waals surface area contributed by atoms with E-state index in [0.717, 1.165) is 30.1 Å². The van der Waals surface area contributed by atoms with E-state index in [4.69, 9.17) is 15.2 Å². The molecule has 16 heavy (non-hydrogen) atoms. The lowest BCUT2D eigenvalue weighted by Gasteiger charge is -2.14. The monoisotopic (exact) mass is 241 g/mol. The first-order valence-corrected chi connectivity index (χ1v) is 6.67. The minimum atomic E-state index is 0.0825. The molecule has 2 atom stereocenters. The molecule has 1 fully saturated rings. The van der Waals surface area contributed by atoms with Crippen LogP contribution in [0.15, 0.2) is 11.4 Å². The van der Waals surface area contributed by atoms with Crippen LogP contribution in [0.4, 0.5) is 0 Å². The van der Waals surface area contributed by atoms with E-state index in [1.807, 2.05) is 11.4 Å². The number of hydrogen-bond acceptors (Lipinski definition) is 4. The molecule has 2 N–H and O–H groups in total. The van der Waals surface area contributed by atoms with Gasteiger partial charge in [-0.3, -0.25) is 0 Å². The summed E-state index contributed by atoms with van der Waals surface area (Å²) < 4.78 is 10.9. The summed E-state index contributed by atoms with van der Waals surface area (Å²) in [6.07, 6.45) is 4.84. The average Bonchev–Trinajstić information content (AvgIpc) is 2.96. The molecular formula is C12H19NO2S. The summed E-state index contributed by atoms with van der Waals surface area (Å²) in [5.74, 6) is 0.921. The molecule has 3 nitrogen and oxygen atoms in total. The quantitative estimate of drug-likeness (QED) is 0.862. The number of rotatable bonds is 5. The normalized spacial score (nSPS) is 22.2. The Hall–Kier alpha value is -0.580. The number of ether oxygens (including phenoxy) is 2. The van der Waals surface area contributed by atoms with E-state index in [9.17, 15) is 0 Å². The zero-order chi connectivity index (χ0) is 11.4. The Morgan fingerprint density at radius 1 is 1.69 bits per heavy atom. The summed E-state index contributed by atoms with van der Waals surface area (Å²) in [5.41, 5.74) is 6.17. The molecule has 0 radical (unpaired) electrons. The molecule has 1 aromatic rings. The highest BCUT2D eigenvalue weighted by Crippen LogP contribution is 2.32. The second-order valence-corrected chi connectivity index (χ2v) is 5.12. The summed E-state index contributed by atoms with van der Waals surface area (Å²) in [6.45, 7) is 0.919. The van der Waals surface area contributed by atoms with Gasteiger partial charge in [0, 0.05) is 12.6 Å². The topological polar surface area (TPSA) is 44.5 Å². The van der Waals surface area contributed by atoms with Crippen LogP contribution in [0.25, 0.3) is 0 Å². The molecule has 1 aliphatic rings. The smallest absolute Gasteiger partial charge is 0.134 e. The van der Waals surface area contributed by atoms with E-state index in [0.29, 0.717) is 6.10 Å². The van der Waals surface area contributed by atoms with E-state index >= 15 is 0 Å². The first-order valence-electron chi connectivity index (χ1n) is 5.80. The SMILES string of the molecule is COc1ccsc1C(N)CCC1CCCO1. The zero-order valence-electron chi connectivity index (χ0n) is 9.65. The predicted molar refractivity (Wildman–Crippen MR) is 66.0 cm³/mol. The van der Waals surface area contributed by atoms with Crippen molar-refractivity contribution in [2.24, 2.45) is 5.73 Å². The summed E-state index contributed by atoms with van der Waals surface area (Å²) >= 11 is 1.67. The lowest BCUT2D eigenvalue weighted by molar-refractivity contribution is 0.101. The van der Waals surface area contributed by atoms with Crippen LogP contribution < -0.4 is 10.5 Å². The minimum absolute atomic E-state index is 0.0825. The molecule has 1 aromatic heterocycles. The van der Waals surface area contributed by atoms with Crippen LogP contribution in [0.1, 0.15) is 36.6 Å².